The van der Waals surface area contributed by atoms with Gasteiger partial charge in [-0.3, -0.25) is 4.79 Å². The summed E-state index contributed by atoms with van der Waals surface area (Å²) in [5.74, 6) is 2.15. The number of carbonyl (C=O) groups excluding carboxylic acids is 1. The summed E-state index contributed by atoms with van der Waals surface area (Å²) in [6.07, 6.45) is 16.1. The highest BCUT2D eigenvalue weighted by Crippen LogP contribution is 2.66. The second kappa shape index (κ2) is 7.91. The van der Waals surface area contributed by atoms with E-state index in [2.05, 4.69) is 24.1 Å². The molecule has 6 heteroatoms. The van der Waals surface area contributed by atoms with Crippen LogP contribution in [0.2, 0.25) is 0 Å². The highest BCUT2D eigenvalue weighted by molar-refractivity contribution is 5.96. The Bertz CT molecular complexity index is 882. The van der Waals surface area contributed by atoms with Crippen LogP contribution in [-0.2, 0) is 19.1 Å². The van der Waals surface area contributed by atoms with Crippen LogP contribution in [0.15, 0.2) is 60.1 Å². The minimum absolute atomic E-state index is 0.0597. The number of piperidine rings is 1. The minimum Gasteiger partial charge on any atom is -0.493 e. The molecular weight excluding hydrogens is 382 g/mol. The summed E-state index contributed by atoms with van der Waals surface area (Å²) in [7, 11) is 3.91. The van der Waals surface area contributed by atoms with Crippen molar-refractivity contribution in [1.82, 2.24) is 4.90 Å². The molecule has 160 valence electrons. The van der Waals surface area contributed by atoms with Crippen LogP contribution < -0.4 is 0 Å². The Morgan fingerprint density at radius 1 is 1.33 bits per heavy atom. The Morgan fingerprint density at radius 2 is 2.13 bits per heavy atom. The maximum atomic E-state index is 12.6. The fourth-order valence-corrected chi connectivity index (χ4v) is 6.08. The van der Waals surface area contributed by atoms with Crippen LogP contribution in [0.5, 0.6) is 0 Å². The van der Waals surface area contributed by atoms with Crippen molar-refractivity contribution in [3.63, 3.8) is 0 Å². The predicted octanol–water partition coefficient (Wildman–Crippen LogP) is 3.10. The van der Waals surface area contributed by atoms with Crippen LogP contribution in [-0.4, -0.2) is 54.6 Å². The van der Waals surface area contributed by atoms with Gasteiger partial charge in [0.15, 0.2) is 17.6 Å². The molecule has 0 radical (unpaired) electrons. The number of aliphatic carboxylic acids is 1. The maximum Gasteiger partial charge on any atom is 0.328 e. The van der Waals surface area contributed by atoms with E-state index < -0.39 is 5.97 Å². The first-order chi connectivity index (χ1) is 14.4. The lowest BCUT2D eigenvalue weighted by Crippen LogP contribution is -2.64. The summed E-state index contributed by atoms with van der Waals surface area (Å²) in [5, 5.41) is 8.02. The van der Waals surface area contributed by atoms with E-state index in [0.717, 1.165) is 37.0 Å². The number of rotatable bonds is 3. The first-order valence-electron chi connectivity index (χ1n) is 10.5. The van der Waals surface area contributed by atoms with Crippen LogP contribution in [0.4, 0.5) is 0 Å². The monoisotopic (exact) mass is 411 g/mol. The zero-order valence-corrected chi connectivity index (χ0v) is 17.7. The summed E-state index contributed by atoms with van der Waals surface area (Å²) in [6, 6.07) is 0.513. The number of nitrogens with zero attached hydrogens (tertiary/aromatic N) is 1. The Hall–Kier alpha value is -2.60. The molecule has 6 atom stereocenters. The van der Waals surface area contributed by atoms with E-state index >= 15 is 0 Å². The fraction of sp³-hybridized carbons (Fsp3) is 0.500. The van der Waals surface area contributed by atoms with Crippen LogP contribution in [0.25, 0.3) is 0 Å². The van der Waals surface area contributed by atoms with Gasteiger partial charge in [-0.2, -0.15) is 0 Å². The molecule has 6 nitrogen and oxygen atoms in total. The highest BCUT2D eigenvalue weighted by Gasteiger charge is 2.69. The number of allylic oxidation sites excluding steroid dienone is 6. The average molecular weight is 411 g/mol. The van der Waals surface area contributed by atoms with E-state index in [4.69, 9.17) is 14.6 Å². The fourth-order valence-electron chi connectivity index (χ4n) is 6.08. The molecule has 2 unspecified atom stereocenters. The van der Waals surface area contributed by atoms with Gasteiger partial charge >= 0.3 is 5.97 Å². The third-order valence-electron chi connectivity index (χ3n) is 7.26. The molecule has 0 aromatic rings. The van der Waals surface area contributed by atoms with Crippen LogP contribution in [0.3, 0.4) is 0 Å². The largest absolute Gasteiger partial charge is 0.493 e. The topological polar surface area (TPSA) is 76.1 Å². The Balaban J connectivity index is 0.000000235. The number of carboxylic acid groups (broad SMARTS) is 1. The molecule has 30 heavy (non-hydrogen) atoms. The normalized spacial score (nSPS) is 38.4. The molecule has 2 bridgehead atoms. The van der Waals surface area contributed by atoms with Crippen molar-refractivity contribution in [3.8, 4) is 0 Å². The summed E-state index contributed by atoms with van der Waals surface area (Å²) in [5.41, 5.74) is -0.0597. The molecule has 5 rings (SSSR count). The number of hydrogen-bond donors (Lipinski definition) is 1. The van der Waals surface area contributed by atoms with Crippen LogP contribution in [0, 0.1) is 23.2 Å². The molecule has 3 aliphatic carbocycles. The van der Waals surface area contributed by atoms with Gasteiger partial charge < -0.3 is 19.5 Å². The molecule has 0 aromatic carbocycles. The lowest BCUT2D eigenvalue weighted by atomic mass is 9.48. The highest BCUT2D eigenvalue weighted by atomic mass is 16.5. The average Bonchev–Trinajstić information content (AvgIpc) is 3.08. The first kappa shape index (κ1) is 20.7. The SMILES string of the molecule is CC=CC=CC(=O)O.COC1=C2O[C@H]3C(=O)C=C[C@H]4[C@H]5CC(C=C1)C2[C@@]34CCN5C. The quantitative estimate of drug-likeness (QED) is 0.568. The van der Waals surface area contributed by atoms with E-state index in [1.54, 1.807) is 25.3 Å². The molecular formula is C24H29NO5. The number of ketones is 1. The second-order valence-electron chi connectivity index (χ2n) is 8.59. The molecule has 2 saturated heterocycles. The molecule has 3 fully saturated rings. The number of methoxy groups -OCH3 is 1. The lowest BCUT2D eigenvalue weighted by Gasteiger charge is -2.59. The van der Waals surface area contributed by atoms with Crippen LogP contribution in [0.1, 0.15) is 19.8 Å². The van der Waals surface area contributed by atoms with Crippen LogP contribution >= 0.6 is 0 Å². The maximum absolute atomic E-state index is 12.6. The van der Waals surface area contributed by atoms with E-state index in [-0.39, 0.29) is 17.3 Å². The van der Waals surface area contributed by atoms with Gasteiger partial charge in [0.1, 0.15) is 5.76 Å². The summed E-state index contributed by atoms with van der Waals surface area (Å²) >= 11 is 0. The standard InChI is InChI=1S/C18H21NO3.C6H8O2/c1-19-8-7-18-11-4-5-13(20)17(18)22-16-14(21-2)6-3-10(15(16)18)9-12(11)19;1-2-3-4-5-6(7)8/h3-6,10-12,15,17H,7-9H2,1-2H3;2-5H,1H3,(H,7,8)/t10?,11-,12+,15?,17-,18-;/m0./s1. The molecule has 0 amide bonds. The van der Waals surface area contributed by atoms with Gasteiger partial charge in [0.25, 0.3) is 0 Å². The molecule has 1 N–H and O–H groups in total. The van der Waals surface area contributed by atoms with Gasteiger partial charge in [0.2, 0.25) is 0 Å². The summed E-state index contributed by atoms with van der Waals surface area (Å²) in [6.45, 7) is 2.87. The van der Waals surface area contributed by atoms with Gasteiger partial charge in [-0.1, -0.05) is 30.4 Å². The number of ether oxygens (including phenoxy) is 2. The zero-order chi connectivity index (χ0) is 21.5. The predicted molar refractivity (Wildman–Crippen MR) is 112 cm³/mol. The van der Waals surface area contributed by atoms with Crippen molar-refractivity contribution >= 4 is 11.8 Å². The van der Waals surface area contributed by atoms with Crippen molar-refractivity contribution in [1.29, 1.82) is 0 Å². The van der Waals surface area contributed by atoms with Gasteiger partial charge in [0, 0.05) is 29.4 Å². The lowest BCUT2D eigenvalue weighted by molar-refractivity contribution is -0.140. The molecule has 0 aromatic heterocycles. The summed E-state index contributed by atoms with van der Waals surface area (Å²) < 4.78 is 11.8. The molecule has 1 spiro atoms. The van der Waals surface area contributed by atoms with Crippen molar-refractivity contribution in [2.45, 2.75) is 31.9 Å². The van der Waals surface area contributed by atoms with Crippen molar-refractivity contribution in [3.05, 3.63) is 60.1 Å². The van der Waals surface area contributed by atoms with Crippen molar-refractivity contribution in [2.75, 3.05) is 20.7 Å². The third-order valence-corrected chi connectivity index (χ3v) is 7.26. The summed E-state index contributed by atoms with van der Waals surface area (Å²) in [4.78, 5) is 24.8. The molecule has 2 heterocycles. The van der Waals surface area contributed by atoms with Gasteiger partial charge in [0.05, 0.1) is 7.11 Å². The van der Waals surface area contributed by atoms with Crippen molar-refractivity contribution in [2.24, 2.45) is 23.2 Å². The van der Waals surface area contributed by atoms with Gasteiger partial charge in [-0.05, 0) is 51.4 Å². The van der Waals surface area contributed by atoms with E-state index in [1.807, 2.05) is 13.0 Å². The second-order valence-corrected chi connectivity index (χ2v) is 8.59. The number of carboxylic acids is 1. The Kier molecular flexibility index (Phi) is 5.45. The number of hydrogen-bond acceptors (Lipinski definition) is 5. The van der Waals surface area contributed by atoms with Crippen molar-refractivity contribution < 1.29 is 24.2 Å². The Labute approximate surface area is 177 Å². The Morgan fingerprint density at radius 3 is 2.83 bits per heavy atom. The van der Waals surface area contributed by atoms with E-state index in [1.165, 1.54) is 6.08 Å². The third kappa shape index (κ3) is 3.05. The molecule has 1 saturated carbocycles. The molecule has 2 aliphatic heterocycles. The van der Waals surface area contributed by atoms with E-state index in [0.29, 0.717) is 23.8 Å². The minimum atomic E-state index is -0.914. The van der Waals surface area contributed by atoms with E-state index in [9.17, 15) is 9.59 Å². The zero-order valence-electron chi connectivity index (χ0n) is 17.7. The number of likely N-dealkylation sites (tertiary alicyclic amines) is 1. The smallest absolute Gasteiger partial charge is 0.328 e. The number of carbonyl (C=O) groups is 2. The molecule has 5 aliphatic rings. The van der Waals surface area contributed by atoms with Gasteiger partial charge in [-0.25, -0.2) is 4.79 Å². The first-order valence-corrected chi connectivity index (χ1v) is 10.5. The van der Waals surface area contributed by atoms with Gasteiger partial charge in [-0.15, -0.1) is 0 Å².